The molecule has 1 aliphatic rings. The molecule has 0 radical (unpaired) electrons. The normalized spacial score (nSPS) is 16.5. The van der Waals surface area contributed by atoms with E-state index in [0.717, 1.165) is 5.56 Å². The summed E-state index contributed by atoms with van der Waals surface area (Å²) in [5.41, 5.74) is 3.73. The van der Waals surface area contributed by atoms with Crippen molar-refractivity contribution in [2.75, 3.05) is 13.4 Å². The third kappa shape index (κ3) is 4.17. The SMILES string of the molecule is CCONC(Cc1ccccc1)C(C1=COCO1)[N+](=O)[O-]. The summed E-state index contributed by atoms with van der Waals surface area (Å²) in [4.78, 5) is 16.2. The third-order valence-corrected chi connectivity index (χ3v) is 3.07. The number of rotatable bonds is 8. The molecule has 2 unspecified atom stereocenters. The maximum absolute atomic E-state index is 11.4. The third-order valence-electron chi connectivity index (χ3n) is 3.07. The molecular weight excluding hydrogens is 276 g/mol. The molecular formula is C14H18N2O5. The highest BCUT2D eigenvalue weighted by molar-refractivity contribution is 5.17. The van der Waals surface area contributed by atoms with E-state index in [-0.39, 0.29) is 17.5 Å². The van der Waals surface area contributed by atoms with E-state index in [9.17, 15) is 10.1 Å². The minimum atomic E-state index is -1.07. The second-order valence-electron chi connectivity index (χ2n) is 4.53. The molecule has 0 aromatic heterocycles. The van der Waals surface area contributed by atoms with Crippen LogP contribution in [0.5, 0.6) is 0 Å². The van der Waals surface area contributed by atoms with Crippen LogP contribution in [0.2, 0.25) is 0 Å². The van der Waals surface area contributed by atoms with Crippen molar-refractivity contribution in [1.82, 2.24) is 5.48 Å². The zero-order chi connectivity index (χ0) is 15.1. The summed E-state index contributed by atoms with van der Waals surface area (Å²) in [5, 5.41) is 11.4. The summed E-state index contributed by atoms with van der Waals surface area (Å²) in [7, 11) is 0. The number of ether oxygens (including phenoxy) is 2. The maximum atomic E-state index is 11.4. The molecule has 7 nitrogen and oxygen atoms in total. The fraction of sp³-hybridized carbons (Fsp3) is 0.429. The first kappa shape index (κ1) is 15.3. The molecule has 0 saturated heterocycles. The lowest BCUT2D eigenvalue weighted by Gasteiger charge is -2.21. The Balaban J connectivity index is 2.17. The van der Waals surface area contributed by atoms with E-state index >= 15 is 0 Å². The van der Waals surface area contributed by atoms with E-state index in [2.05, 4.69) is 5.48 Å². The molecule has 1 aromatic carbocycles. The van der Waals surface area contributed by atoms with Crippen LogP contribution in [-0.4, -0.2) is 30.4 Å². The quantitative estimate of drug-likeness (QED) is 0.579. The molecule has 21 heavy (non-hydrogen) atoms. The predicted octanol–water partition coefficient (Wildman–Crippen LogP) is 1.63. The predicted molar refractivity (Wildman–Crippen MR) is 74.6 cm³/mol. The lowest BCUT2D eigenvalue weighted by molar-refractivity contribution is -0.523. The Morgan fingerprint density at radius 3 is 2.76 bits per heavy atom. The van der Waals surface area contributed by atoms with E-state index in [1.807, 2.05) is 37.3 Å². The van der Waals surface area contributed by atoms with Gasteiger partial charge in [0, 0.05) is 4.92 Å². The average Bonchev–Trinajstić information content (AvgIpc) is 2.99. The van der Waals surface area contributed by atoms with Gasteiger partial charge in [0.1, 0.15) is 12.3 Å². The number of nitro groups is 1. The molecule has 2 atom stereocenters. The maximum Gasteiger partial charge on any atom is 0.289 e. The molecule has 0 bridgehead atoms. The summed E-state index contributed by atoms with van der Waals surface area (Å²) in [5.74, 6) is 0.202. The topological polar surface area (TPSA) is 82.9 Å². The summed E-state index contributed by atoms with van der Waals surface area (Å²) in [6, 6.07) is 7.88. The van der Waals surface area contributed by atoms with Gasteiger partial charge in [0.2, 0.25) is 12.6 Å². The molecule has 1 heterocycles. The van der Waals surface area contributed by atoms with E-state index in [1.54, 1.807) is 0 Å². The largest absolute Gasteiger partial charge is 0.461 e. The number of nitrogens with one attached hydrogen (secondary N) is 1. The van der Waals surface area contributed by atoms with Crippen molar-refractivity contribution in [2.45, 2.75) is 25.4 Å². The number of hydrogen-bond acceptors (Lipinski definition) is 6. The average molecular weight is 294 g/mol. The lowest BCUT2D eigenvalue weighted by atomic mass is 9.99. The number of hydrogen-bond donors (Lipinski definition) is 1. The van der Waals surface area contributed by atoms with Gasteiger partial charge in [-0.05, 0) is 18.9 Å². The minimum Gasteiger partial charge on any atom is -0.461 e. The van der Waals surface area contributed by atoms with Gasteiger partial charge in [0.25, 0.3) is 6.04 Å². The highest BCUT2D eigenvalue weighted by Gasteiger charge is 2.39. The first-order chi connectivity index (χ1) is 10.2. The van der Waals surface area contributed by atoms with Gasteiger partial charge in [-0.1, -0.05) is 30.3 Å². The summed E-state index contributed by atoms with van der Waals surface area (Å²) in [6.45, 7) is 2.22. The highest BCUT2D eigenvalue weighted by Crippen LogP contribution is 2.19. The standard InChI is InChI=1S/C14H18N2O5/c1-2-21-15-12(8-11-6-4-3-5-7-11)14(16(17)18)13-9-19-10-20-13/h3-7,9,12,14-15H,2,8,10H2,1H3. The lowest BCUT2D eigenvalue weighted by Crippen LogP contribution is -2.47. The number of nitrogens with zero attached hydrogens (tertiary/aromatic N) is 1. The van der Waals surface area contributed by atoms with E-state index in [0.29, 0.717) is 13.0 Å². The molecule has 0 saturated carbocycles. The van der Waals surface area contributed by atoms with Gasteiger partial charge in [-0.2, -0.15) is 5.48 Å². The minimum absolute atomic E-state index is 0.00631. The van der Waals surface area contributed by atoms with Crippen molar-refractivity contribution in [1.29, 1.82) is 0 Å². The second-order valence-corrected chi connectivity index (χ2v) is 4.53. The monoisotopic (exact) mass is 294 g/mol. The van der Waals surface area contributed by atoms with Gasteiger partial charge >= 0.3 is 0 Å². The Kier molecular flexibility index (Phi) is 5.53. The van der Waals surface area contributed by atoms with E-state index in [4.69, 9.17) is 14.3 Å². The van der Waals surface area contributed by atoms with Crippen LogP contribution in [0.4, 0.5) is 0 Å². The van der Waals surface area contributed by atoms with Crippen molar-refractivity contribution in [2.24, 2.45) is 0 Å². The molecule has 0 amide bonds. The fourth-order valence-corrected chi connectivity index (χ4v) is 2.13. The van der Waals surface area contributed by atoms with Gasteiger partial charge in [-0.25, -0.2) is 0 Å². The van der Waals surface area contributed by atoms with Gasteiger partial charge < -0.3 is 14.3 Å². The number of benzene rings is 1. The van der Waals surface area contributed by atoms with Crippen LogP contribution in [0.15, 0.2) is 42.4 Å². The molecule has 1 aromatic rings. The molecule has 114 valence electrons. The summed E-state index contributed by atoms with van der Waals surface area (Å²) >= 11 is 0. The van der Waals surface area contributed by atoms with Crippen LogP contribution in [0.3, 0.4) is 0 Å². The van der Waals surface area contributed by atoms with Crippen LogP contribution in [0.1, 0.15) is 12.5 Å². The van der Waals surface area contributed by atoms with Gasteiger partial charge in [0.15, 0.2) is 0 Å². The molecule has 1 N–H and O–H groups in total. The summed E-state index contributed by atoms with van der Waals surface area (Å²) in [6.07, 6.45) is 1.73. The van der Waals surface area contributed by atoms with E-state index in [1.165, 1.54) is 6.26 Å². The molecule has 0 fully saturated rings. The second kappa shape index (κ2) is 7.61. The molecule has 0 spiro atoms. The summed E-state index contributed by atoms with van der Waals surface area (Å²) < 4.78 is 10.1. The smallest absolute Gasteiger partial charge is 0.289 e. The molecule has 2 rings (SSSR count). The van der Waals surface area contributed by atoms with E-state index < -0.39 is 12.1 Å². The highest BCUT2D eigenvalue weighted by atomic mass is 16.7. The Morgan fingerprint density at radius 2 is 2.19 bits per heavy atom. The van der Waals surface area contributed by atoms with Crippen LogP contribution >= 0.6 is 0 Å². The molecule has 7 heteroatoms. The Labute approximate surface area is 122 Å². The fourth-order valence-electron chi connectivity index (χ4n) is 2.13. The molecule has 1 aliphatic heterocycles. The first-order valence-corrected chi connectivity index (χ1v) is 6.71. The van der Waals surface area contributed by atoms with Gasteiger partial charge in [-0.15, -0.1) is 0 Å². The Morgan fingerprint density at radius 1 is 1.43 bits per heavy atom. The Hall–Kier alpha value is -2.12. The van der Waals surface area contributed by atoms with Crippen LogP contribution < -0.4 is 5.48 Å². The van der Waals surface area contributed by atoms with Crippen molar-refractivity contribution >= 4 is 0 Å². The van der Waals surface area contributed by atoms with Crippen LogP contribution in [-0.2, 0) is 20.7 Å². The van der Waals surface area contributed by atoms with Crippen molar-refractivity contribution < 1.29 is 19.2 Å². The van der Waals surface area contributed by atoms with Crippen molar-refractivity contribution in [3.8, 4) is 0 Å². The van der Waals surface area contributed by atoms with Gasteiger partial charge in [-0.3, -0.25) is 10.1 Å². The Bertz CT molecular complexity index is 491. The number of hydroxylamine groups is 1. The zero-order valence-corrected chi connectivity index (χ0v) is 11.7. The van der Waals surface area contributed by atoms with Crippen LogP contribution in [0, 0.1) is 10.1 Å². The molecule has 0 aliphatic carbocycles. The first-order valence-electron chi connectivity index (χ1n) is 6.71. The van der Waals surface area contributed by atoms with Gasteiger partial charge in [0.05, 0.1) is 6.61 Å². The van der Waals surface area contributed by atoms with Crippen molar-refractivity contribution in [3.63, 3.8) is 0 Å². The zero-order valence-electron chi connectivity index (χ0n) is 11.7. The van der Waals surface area contributed by atoms with Crippen LogP contribution in [0.25, 0.3) is 0 Å². The van der Waals surface area contributed by atoms with Crippen molar-refractivity contribution in [3.05, 3.63) is 58.0 Å².